The van der Waals surface area contributed by atoms with Gasteiger partial charge in [0.2, 0.25) is 0 Å². The number of aliphatic imine (C=N–C) groups is 1. The molecule has 0 aliphatic carbocycles. The maximum atomic E-state index is 12.4. The van der Waals surface area contributed by atoms with E-state index in [1.165, 1.54) is 11.8 Å². The Morgan fingerprint density at radius 1 is 1.35 bits per heavy atom. The molecule has 3 heterocycles. The molecule has 4 rings (SSSR count). The molecule has 0 unspecified atom stereocenters. The molecule has 0 spiro atoms. The number of carbonyl (C=O) groups is 1. The van der Waals surface area contributed by atoms with Crippen LogP contribution in [0.1, 0.15) is 18.4 Å². The minimum Gasteiger partial charge on any atom is -0.368 e. The van der Waals surface area contributed by atoms with E-state index in [0.717, 1.165) is 12.0 Å². The van der Waals surface area contributed by atoms with Crippen LogP contribution in [0, 0.1) is 0 Å². The molecule has 1 aromatic rings. The molecular weight excluding hydrogens is 396 g/mol. The Morgan fingerprint density at radius 3 is 2.88 bits per heavy atom. The van der Waals surface area contributed by atoms with Gasteiger partial charge in [0.1, 0.15) is 6.10 Å². The highest BCUT2D eigenvalue weighted by Crippen LogP contribution is 2.39. The fourth-order valence-electron chi connectivity index (χ4n) is 3.57. The van der Waals surface area contributed by atoms with Gasteiger partial charge >= 0.3 is 0 Å². The summed E-state index contributed by atoms with van der Waals surface area (Å²) in [6.07, 6.45) is 1.07. The molecule has 3 aliphatic heterocycles. The fourth-order valence-corrected chi connectivity index (χ4v) is 7.72. The third-order valence-corrected chi connectivity index (χ3v) is 8.50. The maximum absolute atomic E-state index is 12.4. The van der Waals surface area contributed by atoms with Gasteiger partial charge in [0.25, 0.3) is 5.91 Å². The van der Waals surface area contributed by atoms with Gasteiger partial charge in [-0.05, 0) is 24.5 Å². The molecule has 9 heteroatoms. The SMILES string of the molecule is O=C(N=C1S[C@@H]2CS(=O)(=O)C[C@@H]2N1Cc1ccccc1Cl)[C@@H]1CCCO1. The molecule has 0 N–H and O–H groups in total. The lowest BCUT2D eigenvalue weighted by Gasteiger charge is -2.25. The summed E-state index contributed by atoms with van der Waals surface area (Å²) in [5.41, 5.74) is 0.886. The Hall–Kier alpha value is -1.09. The van der Waals surface area contributed by atoms with E-state index in [1.807, 2.05) is 23.1 Å². The monoisotopic (exact) mass is 414 g/mol. The van der Waals surface area contributed by atoms with Crippen molar-refractivity contribution in [1.82, 2.24) is 4.90 Å². The summed E-state index contributed by atoms with van der Waals surface area (Å²) in [4.78, 5) is 18.6. The molecular formula is C17H19ClN2O4S2. The zero-order valence-corrected chi connectivity index (χ0v) is 16.4. The Balaban J connectivity index is 1.62. The summed E-state index contributed by atoms with van der Waals surface area (Å²) < 4.78 is 29.5. The highest BCUT2D eigenvalue weighted by atomic mass is 35.5. The molecule has 3 atom stereocenters. The van der Waals surface area contributed by atoms with Gasteiger partial charge in [-0.3, -0.25) is 4.79 Å². The van der Waals surface area contributed by atoms with Gasteiger partial charge in [-0.2, -0.15) is 4.99 Å². The van der Waals surface area contributed by atoms with Crippen LogP contribution < -0.4 is 0 Å². The normalized spacial score (nSPS) is 31.5. The second-order valence-corrected chi connectivity index (χ2v) is 10.5. The lowest BCUT2D eigenvalue weighted by atomic mass is 10.1. The average Bonchev–Trinajstić information content (AvgIpc) is 3.27. The summed E-state index contributed by atoms with van der Waals surface area (Å²) in [6.45, 7) is 1.02. The smallest absolute Gasteiger partial charge is 0.277 e. The van der Waals surface area contributed by atoms with Crippen LogP contribution in [0.3, 0.4) is 0 Å². The Bertz CT molecular complexity index is 852. The van der Waals surface area contributed by atoms with E-state index >= 15 is 0 Å². The maximum Gasteiger partial charge on any atom is 0.277 e. The van der Waals surface area contributed by atoms with Gasteiger partial charge in [0, 0.05) is 23.4 Å². The molecule has 1 aromatic carbocycles. The Kier molecular flexibility index (Phi) is 5.02. The summed E-state index contributed by atoms with van der Waals surface area (Å²) in [5.74, 6) is -0.0755. The first-order valence-electron chi connectivity index (χ1n) is 8.54. The Labute approximate surface area is 161 Å². The number of rotatable bonds is 3. The van der Waals surface area contributed by atoms with Crippen LogP contribution in [0.2, 0.25) is 5.02 Å². The summed E-state index contributed by atoms with van der Waals surface area (Å²) in [7, 11) is -3.07. The van der Waals surface area contributed by atoms with E-state index in [9.17, 15) is 13.2 Å². The summed E-state index contributed by atoms with van der Waals surface area (Å²) in [6, 6.07) is 7.27. The Morgan fingerprint density at radius 2 is 2.15 bits per heavy atom. The first-order chi connectivity index (χ1) is 12.4. The first kappa shape index (κ1) is 18.3. The number of ether oxygens (including phenoxy) is 1. The van der Waals surface area contributed by atoms with Gasteiger partial charge < -0.3 is 9.64 Å². The quantitative estimate of drug-likeness (QED) is 0.754. The van der Waals surface area contributed by atoms with E-state index in [-0.39, 0.29) is 28.7 Å². The van der Waals surface area contributed by atoms with Crippen molar-refractivity contribution in [2.75, 3.05) is 18.1 Å². The van der Waals surface area contributed by atoms with Gasteiger partial charge in [0.05, 0.1) is 17.5 Å². The first-order valence-corrected chi connectivity index (χ1v) is 11.6. The third-order valence-electron chi connectivity index (χ3n) is 4.88. The molecule has 0 aromatic heterocycles. The summed E-state index contributed by atoms with van der Waals surface area (Å²) in [5, 5.41) is 1.10. The third kappa shape index (κ3) is 3.65. The number of benzene rings is 1. The number of sulfone groups is 1. The number of hydrogen-bond acceptors (Lipinski definition) is 5. The molecule has 0 bridgehead atoms. The molecule has 3 fully saturated rings. The lowest BCUT2D eigenvalue weighted by molar-refractivity contribution is -0.126. The van der Waals surface area contributed by atoms with Gasteiger partial charge in [-0.1, -0.05) is 41.6 Å². The molecule has 3 saturated heterocycles. The molecule has 6 nitrogen and oxygen atoms in total. The van der Waals surface area contributed by atoms with E-state index < -0.39 is 15.9 Å². The number of thioether (sulfide) groups is 1. The second-order valence-electron chi connectivity index (χ2n) is 6.75. The van der Waals surface area contributed by atoms with Crippen LogP contribution >= 0.6 is 23.4 Å². The van der Waals surface area contributed by atoms with Gasteiger partial charge in [0.15, 0.2) is 15.0 Å². The summed E-state index contributed by atoms with van der Waals surface area (Å²) >= 11 is 7.66. The standard InChI is InChI=1S/C17H19ClN2O4S2/c18-12-5-2-1-4-11(12)8-20-13-9-26(22,23)10-15(13)25-17(20)19-16(21)14-6-3-7-24-14/h1-2,4-5,13-15H,3,6-10H2/t13-,14-,15+/m0/s1. The van der Waals surface area contributed by atoms with Crippen molar-refractivity contribution in [2.45, 2.75) is 36.8 Å². The van der Waals surface area contributed by atoms with Crippen molar-refractivity contribution < 1.29 is 17.9 Å². The van der Waals surface area contributed by atoms with Gasteiger partial charge in [-0.15, -0.1) is 0 Å². The van der Waals surface area contributed by atoms with Crippen LogP contribution in [0.4, 0.5) is 0 Å². The topological polar surface area (TPSA) is 76.0 Å². The number of amides is 1. The van der Waals surface area contributed by atoms with Crippen molar-refractivity contribution in [3.8, 4) is 0 Å². The molecule has 3 aliphatic rings. The number of nitrogens with zero attached hydrogens (tertiary/aromatic N) is 2. The number of amidine groups is 1. The highest BCUT2D eigenvalue weighted by molar-refractivity contribution is 8.15. The van der Waals surface area contributed by atoms with Crippen LogP contribution in [0.15, 0.2) is 29.3 Å². The molecule has 1 amide bonds. The predicted octanol–water partition coefficient (Wildman–Crippen LogP) is 2.12. The van der Waals surface area contributed by atoms with E-state index in [4.69, 9.17) is 16.3 Å². The van der Waals surface area contributed by atoms with E-state index in [1.54, 1.807) is 6.07 Å². The zero-order valence-electron chi connectivity index (χ0n) is 14.0. The highest BCUT2D eigenvalue weighted by Gasteiger charge is 2.49. The molecule has 140 valence electrons. The number of carbonyl (C=O) groups excluding carboxylic acids is 1. The van der Waals surface area contributed by atoms with E-state index in [0.29, 0.717) is 29.8 Å². The average molecular weight is 415 g/mol. The van der Waals surface area contributed by atoms with Crippen LogP contribution in [0.25, 0.3) is 0 Å². The second kappa shape index (κ2) is 7.14. The van der Waals surface area contributed by atoms with Crippen LogP contribution in [0.5, 0.6) is 0 Å². The molecule has 0 radical (unpaired) electrons. The minimum atomic E-state index is -3.07. The van der Waals surface area contributed by atoms with Crippen molar-refractivity contribution >= 4 is 44.3 Å². The zero-order chi connectivity index (χ0) is 18.3. The predicted molar refractivity (Wildman–Crippen MR) is 102 cm³/mol. The van der Waals surface area contributed by atoms with Gasteiger partial charge in [-0.25, -0.2) is 8.42 Å². The molecule has 0 saturated carbocycles. The van der Waals surface area contributed by atoms with Crippen molar-refractivity contribution in [1.29, 1.82) is 0 Å². The van der Waals surface area contributed by atoms with E-state index in [2.05, 4.69) is 4.99 Å². The number of fused-ring (bicyclic) bond motifs is 1. The van der Waals surface area contributed by atoms with Crippen LogP contribution in [-0.2, 0) is 25.9 Å². The fraction of sp³-hybridized carbons (Fsp3) is 0.529. The lowest BCUT2D eigenvalue weighted by Crippen LogP contribution is -2.37. The van der Waals surface area contributed by atoms with Crippen LogP contribution in [-0.4, -0.2) is 59.9 Å². The van der Waals surface area contributed by atoms with Crippen molar-refractivity contribution in [3.63, 3.8) is 0 Å². The molecule has 26 heavy (non-hydrogen) atoms. The van der Waals surface area contributed by atoms with Crippen molar-refractivity contribution in [3.05, 3.63) is 34.9 Å². The largest absolute Gasteiger partial charge is 0.368 e. The number of halogens is 1. The van der Waals surface area contributed by atoms with Crippen molar-refractivity contribution in [2.24, 2.45) is 4.99 Å². The number of hydrogen-bond donors (Lipinski definition) is 0. The minimum absolute atomic E-state index is 0.0856.